The maximum atomic E-state index is 6.34. The summed E-state index contributed by atoms with van der Waals surface area (Å²) in [5.41, 5.74) is 6.11. The van der Waals surface area contributed by atoms with E-state index in [1.807, 2.05) is 6.07 Å². The van der Waals surface area contributed by atoms with Gasteiger partial charge in [-0.3, -0.25) is 5.10 Å². The number of piperidine rings is 1. The predicted octanol–water partition coefficient (Wildman–Crippen LogP) is 5.30. The zero-order chi connectivity index (χ0) is 21.4. The van der Waals surface area contributed by atoms with E-state index in [0.29, 0.717) is 34.4 Å². The van der Waals surface area contributed by atoms with Crippen LogP contribution in [0.3, 0.4) is 0 Å². The van der Waals surface area contributed by atoms with Gasteiger partial charge < -0.3 is 16.0 Å². The molecule has 1 aliphatic carbocycles. The summed E-state index contributed by atoms with van der Waals surface area (Å²) in [5, 5.41) is 17.9. The molecule has 8 heteroatoms. The third-order valence-electron chi connectivity index (χ3n) is 6.24. The molecule has 1 aliphatic heterocycles. The summed E-state index contributed by atoms with van der Waals surface area (Å²) in [4.78, 5) is 8.96. The summed E-state index contributed by atoms with van der Waals surface area (Å²) >= 11 is 6.34. The van der Waals surface area contributed by atoms with Crippen molar-refractivity contribution in [2.75, 3.05) is 23.7 Å². The number of hydrogen-bond donors (Lipinski definition) is 4. The molecular formula is C23H28ClN7. The van der Waals surface area contributed by atoms with Gasteiger partial charge >= 0.3 is 0 Å². The van der Waals surface area contributed by atoms with E-state index in [1.165, 1.54) is 42.4 Å². The van der Waals surface area contributed by atoms with Gasteiger partial charge in [-0.1, -0.05) is 17.7 Å². The van der Waals surface area contributed by atoms with Crippen LogP contribution in [0, 0.1) is 13.8 Å². The number of nitrogens with one attached hydrogen (secondary N) is 4. The molecule has 0 bridgehead atoms. The van der Waals surface area contributed by atoms with Gasteiger partial charge in [0.15, 0.2) is 11.6 Å². The van der Waals surface area contributed by atoms with E-state index in [1.54, 1.807) is 6.20 Å². The molecule has 0 spiro atoms. The second-order valence-corrected chi connectivity index (χ2v) is 9.08. The van der Waals surface area contributed by atoms with Crippen LogP contribution in [0.4, 0.5) is 23.3 Å². The first-order valence-electron chi connectivity index (χ1n) is 11.0. The van der Waals surface area contributed by atoms with Crippen molar-refractivity contribution >= 4 is 34.9 Å². The summed E-state index contributed by atoms with van der Waals surface area (Å²) in [7, 11) is 0. The van der Waals surface area contributed by atoms with E-state index in [2.05, 4.69) is 62.1 Å². The van der Waals surface area contributed by atoms with E-state index < -0.39 is 0 Å². The SMILES string of the molecule is Cc1cc(C2CCNCC2)c(C)cc1Nc1ncc(Cl)c(Nc2cc(C3CC3)[nH]n2)n1. The average Bonchev–Trinajstić information content (AvgIpc) is 3.52. The van der Waals surface area contributed by atoms with Gasteiger partial charge in [0.05, 0.1) is 6.20 Å². The van der Waals surface area contributed by atoms with E-state index in [-0.39, 0.29) is 0 Å². The van der Waals surface area contributed by atoms with Crippen LogP contribution in [0.1, 0.15) is 59.9 Å². The van der Waals surface area contributed by atoms with Gasteiger partial charge in [-0.15, -0.1) is 0 Å². The average molecular weight is 438 g/mol. The quantitative estimate of drug-likeness (QED) is 0.418. The molecule has 2 fully saturated rings. The van der Waals surface area contributed by atoms with Crippen LogP contribution in [-0.2, 0) is 0 Å². The Labute approximate surface area is 187 Å². The lowest BCUT2D eigenvalue weighted by molar-refractivity contribution is 0.459. The molecule has 5 rings (SSSR count). The fraction of sp³-hybridized carbons (Fsp3) is 0.435. The Morgan fingerprint density at radius 3 is 2.55 bits per heavy atom. The van der Waals surface area contributed by atoms with Crippen LogP contribution < -0.4 is 16.0 Å². The lowest BCUT2D eigenvalue weighted by Crippen LogP contribution is -2.27. The van der Waals surface area contributed by atoms with Crippen molar-refractivity contribution in [2.24, 2.45) is 0 Å². The summed E-state index contributed by atoms with van der Waals surface area (Å²) in [6.07, 6.45) is 6.44. The maximum absolute atomic E-state index is 6.34. The van der Waals surface area contributed by atoms with Crippen LogP contribution >= 0.6 is 11.6 Å². The molecule has 7 nitrogen and oxygen atoms in total. The molecule has 1 saturated carbocycles. The van der Waals surface area contributed by atoms with Gasteiger partial charge in [0.2, 0.25) is 5.95 Å². The summed E-state index contributed by atoms with van der Waals surface area (Å²) in [6, 6.07) is 6.54. The monoisotopic (exact) mass is 437 g/mol. The van der Waals surface area contributed by atoms with Gasteiger partial charge in [0, 0.05) is 23.4 Å². The topological polar surface area (TPSA) is 90.6 Å². The lowest BCUT2D eigenvalue weighted by atomic mass is 9.86. The Bertz CT molecular complexity index is 1080. The smallest absolute Gasteiger partial charge is 0.229 e. The second-order valence-electron chi connectivity index (χ2n) is 8.67. The summed E-state index contributed by atoms with van der Waals surface area (Å²) in [5.74, 6) is 2.99. The maximum Gasteiger partial charge on any atom is 0.229 e. The van der Waals surface area contributed by atoms with Gasteiger partial charge in [-0.05, 0) is 81.3 Å². The molecule has 0 atom stereocenters. The highest BCUT2D eigenvalue weighted by Gasteiger charge is 2.25. The van der Waals surface area contributed by atoms with Gasteiger partial charge in [-0.2, -0.15) is 10.1 Å². The molecule has 1 aromatic carbocycles. The molecule has 0 radical (unpaired) electrons. The first-order chi connectivity index (χ1) is 15.1. The number of benzene rings is 1. The zero-order valence-electron chi connectivity index (χ0n) is 17.9. The Morgan fingerprint density at radius 1 is 0.968 bits per heavy atom. The zero-order valence-corrected chi connectivity index (χ0v) is 18.7. The minimum Gasteiger partial charge on any atom is -0.324 e. The molecule has 3 heterocycles. The second kappa shape index (κ2) is 8.48. The van der Waals surface area contributed by atoms with E-state index >= 15 is 0 Å². The van der Waals surface area contributed by atoms with Gasteiger partial charge in [0.25, 0.3) is 0 Å². The summed E-state index contributed by atoms with van der Waals surface area (Å²) in [6.45, 7) is 6.50. The van der Waals surface area contributed by atoms with Crippen molar-refractivity contribution in [1.29, 1.82) is 0 Å². The van der Waals surface area contributed by atoms with Crippen LogP contribution in [-0.4, -0.2) is 33.3 Å². The number of halogens is 1. The Balaban J connectivity index is 1.34. The number of nitrogens with zero attached hydrogens (tertiary/aromatic N) is 3. The highest BCUT2D eigenvalue weighted by atomic mass is 35.5. The standard InChI is InChI=1S/C23H28ClN7/c1-13-10-19(14(2)9-17(13)15-5-7-25-8-6-15)27-23-26-12-18(24)22(29-23)28-21-11-20(30-31-21)16-3-4-16/h9-12,15-16,25H,3-8H2,1-2H3,(H3,26,27,28,29,30,31). The molecule has 162 valence electrons. The molecule has 0 unspecified atom stereocenters. The molecule has 4 N–H and O–H groups in total. The van der Waals surface area contributed by atoms with Crippen molar-refractivity contribution in [1.82, 2.24) is 25.5 Å². The van der Waals surface area contributed by atoms with E-state index in [4.69, 9.17) is 11.6 Å². The van der Waals surface area contributed by atoms with Gasteiger partial charge in [-0.25, -0.2) is 4.98 Å². The Kier molecular flexibility index (Phi) is 5.54. The highest BCUT2D eigenvalue weighted by molar-refractivity contribution is 6.32. The van der Waals surface area contributed by atoms with Crippen molar-refractivity contribution in [3.05, 3.63) is 51.8 Å². The third-order valence-corrected chi connectivity index (χ3v) is 6.52. The molecule has 1 saturated heterocycles. The molecular weight excluding hydrogens is 410 g/mol. The number of hydrogen-bond acceptors (Lipinski definition) is 6. The van der Waals surface area contributed by atoms with Gasteiger partial charge in [0.1, 0.15) is 5.02 Å². The Morgan fingerprint density at radius 2 is 1.77 bits per heavy atom. The lowest BCUT2D eigenvalue weighted by Gasteiger charge is -2.25. The normalized spacial score (nSPS) is 17.0. The third kappa shape index (κ3) is 4.52. The first kappa shape index (κ1) is 20.3. The van der Waals surface area contributed by atoms with Crippen molar-refractivity contribution < 1.29 is 0 Å². The van der Waals surface area contributed by atoms with Crippen LogP contribution in [0.5, 0.6) is 0 Å². The molecule has 2 aromatic heterocycles. The number of rotatable bonds is 6. The van der Waals surface area contributed by atoms with Crippen LogP contribution in [0.2, 0.25) is 5.02 Å². The predicted molar refractivity (Wildman–Crippen MR) is 125 cm³/mol. The number of H-pyrrole nitrogens is 1. The number of aromatic nitrogens is 4. The Hall–Kier alpha value is -2.64. The molecule has 31 heavy (non-hydrogen) atoms. The number of aromatic amines is 1. The largest absolute Gasteiger partial charge is 0.324 e. The van der Waals surface area contributed by atoms with E-state index in [0.717, 1.165) is 24.5 Å². The molecule has 3 aromatic rings. The number of aryl methyl sites for hydroxylation is 2. The van der Waals surface area contributed by atoms with Crippen molar-refractivity contribution in [2.45, 2.75) is 51.4 Å². The highest BCUT2D eigenvalue weighted by Crippen LogP contribution is 2.40. The molecule has 2 aliphatic rings. The van der Waals surface area contributed by atoms with Crippen LogP contribution in [0.25, 0.3) is 0 Å². The van der Waals surface area contributed by atoms with Crippen LogP contribution in [0.15, 0.2) is 24.4 Å². The van der Waals surface area contributed by atoms with E-state index in [9.17, 15) is 0 Å². The van der Waals surface area contributed by atoms with Crippen molar-refractivity contribution in [3.8, 4) is 0 Å². The first-order valence-corrected chi connectivity index (χ1v) is 11.4. The fourth-order valence-electron chi connectivity index (χ4n) is 4.31. The summed E-state index contributed by atoms with van der Waals surface area (Å²) < 4.78 is 0. The molecule has 0 amide bonds. The number of anilines is 4. The fourth-order valence-corrected chi connectivity index (χ4v) is 4.45. The minimum absolute atomic E-state index is 0.454. The van der Waals surface area contributed by atoms with Crippen molar-refractivity contribution in [3.63, 3.8) is 0 Å². The minimum atomic E-state index is 0.454.